The summed E-state index contributed by atoms with van der Waals surface area (Å²) >= 11 is 0. The van der Waals surface area contributed by atoms with Crippen molar-refractivity contribution in [2.75, 3.05) is 19.7 Å². The number of hydrogen-bond donors (Lipinski definition) is 2. The van der Waals surface area contributed by atoms with Gasteiger partial charge in [-0.25, -0.2) is 0 Å². The van der Waals surface area contributed by atoms with Gasteiger partial charge in [0, 0.05) is 6.54 Å². The van der Waals surface area contributed by atoms with E-state index < -0.39 is 6.10 Å². The minimum Gasteiger partial charge on any atom is -0.491 e. The molecule has 1 aliphatic carbocycles. The molecule has 0 fully saturated rings. The topological polar surface area (TPSA) is 41.5 Å². The Hall–Kier alpha value is -1.06. The summed E-state index contributed by atoms with van der Waals surface area (Å²) < 4.78 is 5.92. The molecule has 0 radical (unpaired) electrons. The van der Waals surface area contributed by atoms with Crippen LogP contribution in [0.1, 0.15) is 63.5 Å². The molecule has 0 aromatic heterocycles. The number of rotatable bonds is 11. The third-order valence-corrected chi connectivity index (χ3v) is 5.14. The molecule has 2 N–H and O–H groups in total. The second kappa shape index (κ2) is 10.7. The van der Waals surface area contributed by atoms with Crippen molar-refractivity contribution in [1.82, 2.24) is 5.32 Å². The summed E-state index contributed by atoms with van der Waals surface area (Å²) in [6.45, 7) is 6.46. The van der Waals surface area contributed by atoms with Crippen molar-refractivity contribution in [2.24, 2.45) is 5.92 Å². The van der Waals surface area contributed by atoms with Gasteiger partial charge in [0.15, 0.2) is 0 Å². The predicted octanol–water partition coefficient (Wildman–Crippen LogP) is 4.11. The van der Waals surface area contributed by atoms with Crippen molar-refractivity contribution in [3.8, 4) is 5.75 Å². The second-order valence-electron chi connectivity index (χ2n) is 7.14. The molecule has 2 rings (SSSR count). The van der Waals surface area contributed by atoms with E-state index in [0.717, 1.165) is 31.1 Å². The molecule has 136 valence electrons. The molecule has 0 heterocycles. The summed E-state index contributed by atoms with van der Waals surface area (Å²) in [7, 11) is 0. The Morgan fingerprint density at radius 1 is 1.17 bits per heavy atom. The minimum atomic E-state index is -0.451. The zero-order valence-electron chi connectivity index (χ0n) is 15.5. The van der Waals surface area contributed by atoms with E-state index in [0.29, 0.717) is 13.2 Å². The van der Waals surface area contributed by atoms with Crippen LogP contribution in [0.15, 0.2) is 18.2 Å². The lowest BCUT2D eigenvalue weighted by molar-refractivity contribution is 0.104. The molecule has 3 nitrogen and oxygen atoms in total. The van der Waals surface area contributed by atoms with Gasteiger partial charge in [0.05, 0.1) is 0 Å². The number of unbranched alkanes of at least 4 members (excludes halogenated alkanes) is 1. The van der Waals surface area contributed by atoms with Crippen molar-refractivity contribution in [3.05, 3.63) is 29.3 Å². The molecular weight excluding hydrogens is 298 g/mol. The average Bonchev–Trinajstić information content (AvgIpc) is 2.62. The van der Waals surface area contributed by atoms with Gasteiger partial charge in [0.1, 0.15) is 18.5 Å². The van der Waals surface area contributed by atoms with E-state index in [9.17, 15) is 5.11 Å². The zero-order valence-corrected chi connectivity index (χ0v) is 15.5. The van der Waals surface area contributed by atoms with Crippen LogP contribution in [-0.4, -0.2) is 30.9 Å². The SMILES string of the molecule is CCCCC(CC)CNCC(O)COc1cccc2c1CCCC2. The normalized spacial score (nSPS) is 16.5. The highest BCUT2D eigenvalue weighted by Gasteiger charge is 2.15. The number of fused-ring (bicyclic) bond motifs is 1. The number of aliphatic hydroxyl groups excluding tert-OH is 1. The van der Waals surface area contributed by atoms with E-state index in [1.807, 2.05) is 6.07 Å². The summed E-state index contributed by atoms with van der Waals surface area (Å²) in [6.07, 6.45) is 9.38. The van der Waals surface area contributed by atoms with Gasteiger partial charge in [-0.3, -0.25) is 0 Å². The highest BCUT2D eigenvalue weighted by atomic mass is 16.5. The van der Waals surface area contributed by atoms with Crippen LogP contribution in [0.2, 0.25) is 0 Å². The van der Waals surface area contributed by atoms with E-state index in [1.54, 1.807) is 0 Å². The number of hydrogen-bond acceptors (Lipinski definition) is 3. The lowest BCUT2D eigenvalue weighted by Crippen LogP contribution is -2.34. The van der Waals surface area contributed by atoms with Gasteiger partial charge in [0.25, 0.3) is 0 Å². The fourth-order valence-corrected chi connectivity index (χ4v) is 3.52. The van der Waals surface area contributed by atoms with Gasteiger partial charge >= 0.3 is 0 Å². The Balaban J connectivity index is 1.71. The van der Waals surface area contributed by atoms with Crippen LogP contribution in [0, 0.1) is 5.92 Å². The average molecular weight is 334 g/mol. The molecule has 1 aromatic rings. The van der Waals surface area contributed by atoms with Crippen LogP contribution in [0.5, 0.6) is 5.75 Å². The number of nitrogens with one attached hydrogen (secondary N) is 1. The molecule has 3 heteroatoms. The first kappa shape index (κ1) is 19.3. The van der Waals surface area contributed by atoms with Crippen LogP contribution >= 0.6 is 0 Å². The molecule has 24 heavy (non-hydrogen) atoms. The molecular formula is C21H35NO2. The van der Waals surface area contributed by atoms with Gasteiger partial charge in [-0.1, -0.05) is 45.2 Å². The highest BCUT2D eigenvalue weighted by molar-refractivity contribution is 5.41. The second-order valence-corrected chi connectivity index (χ2v) is 7.14. The smallest absolute Gasteiger partial charge is 0.122 e. The third-order valence-electron chi connectivity index (χ3n) is 5.14. The summed E-state index contributed by atoms with van der Waals surface area (Å²) in [5, 5.41) is 13.6. The first-order valence-corrected chi connectivity index (χ1v) is 9.86. The van der Waals surface area contributed by atoms with E-state index in [4.69, 9.17) is 4.74 Å². The van der Waals surface area contributed by atoms with Crippen LogP contribution in [-0.2, 0) is 12.8 Å². The molecule has 2 unspecified atom stereocenters. The fourth-order valence-electron chi connectivity index (χ4n) is 3.52. The summed E-state index contributed by atoms with van der Waals surface area (Å²) in [6, 6.07) is 6.33. The van der Waals surface area contributed by atoms with Crippen molar-refractivity contribution in [1.29, 1.82) is 0 Å². The first-order valence-electron chi connectivity index (χ1n) is 9.86. The van der Waals surface area contributed by atoms with Crippen molar-refractivity contribution < 1.29 is 9.84 Å². The highest BCUT2D eigenvalue weighted by Crippen LogP contribution is 2.29. The summed E-state index contributed by atoms with van der Waals surface area (Å²) in [5.41, 5.74) is 2.78. The van der Waals surface area contributed by atoms with Gasteiger partial charge < -0.3 is 15.2 Å². The van der Waals surface area contributed by atoms with Gasteiger partial charge in [-0.15, -0.1) is 0 Å². The number of aryl methyl sites for hydroxylation is 1. The quantitative estimate of drug-likeness (QED) is 0.640. The Kier molecular flexibility index (Phi) is 8.62. The molecule has 0 saturated heterocycles. The minimum absolute atomic E-state index is 0.370. The first-order chi connectivity index (χ1) is 11.7. The Bertz CT molecular complexity index is 475. The largest absolute Gasteiger partial charge is 0.491 e. The van der Waals surface area contributed by atoms with Gasteiger partial charge in [-0.05, 0) is 61.8 Å². The lowest BCUT2D eigenvalue weighted by atomic mass is 9.91. The standard InChI is InChI=1S/C21H35NO2/c1-3-5-9-17(4-2)14-22-15-19(23)16-24-21-13-8-11-18-10-6-7-12-20(18)21/h8,11,13,17,19,22-23H,3-7,9-10,12,14-16H2,1-2H3. The van der Waals surface area contributed by atoms with Crippen LogP contribution < -0.4 is 10.1 Å². The van der Waals surface area contributed by atoms with Crippen molar-refractivity contribution in [3.63, 3.8) is 0 Å². The van der Waals surface area contributed by atoms with Crippen molar-refractivity contribution >= 4 is 0 Å². The molecule has 0 aliphatic heterocycles. The number of benzene rings is 1. The van der Waals surface area contributed by atoms with Crippen molar-refractivity contribution in [2.45, 2.75) is 71.3 Å². The molecule has 1 aromatic carbocycles. The lowest BCUT2D eigenvalue weighted by Gasteiger charge is -2.21. The maximum Gasteiger partial charge on any atom is 0.122 e. The van der Waals surface area contributed by atoms with Gasteiger partial charge in [0.2, 0.25) is 0 Å². The molecule has 0 bridgehead atoms. The Morgan fingerprint density at radius 2 is 2.00 bits per heavy atom. The zero-order chi connectivity index (χ0) is 17.2. The molecule has 2 atom stereocenters. The molecule has 0 amide bonds. The molecule has 0 spiro atoms. The Morgan fingerprint density at radius 3 is 2.79 bits per heavy atom. The van der Waals surface area contributed by atoms with Crippen LogP contribution in [0.3, 0.4) is 0 Å². The summed E-state index contributed by atoms with van der Waals surface area (Å²) in [4.78, 5) is 0. The van der Waals surface area contributed by atoms with E-state index in [1.165, 1.54) is 49.7 Å². The van der Waals surface area contributed by atoms with E-state index in [-0.39, 0.29) is 0 Å². The van der Waals surface area contributed by atoms with E-state index in [2.05, 4.69) is 31.3 Å². The number of ether oxygens (including phenoxy) is 1. The maximum atomic E-state index is 10.2. The van der Waals surface area contributed by atoms with Gasteiger partial charge in [-0.2, -0.15) is 0 Å². The molecule has 0 saturated carbocycles. The Labute approximate surface area is 147 Å². The molecule has 1 aliphatic rings. The third kappa shape index (κ3) is 6.10. The monoisotopic (exact) mass is 333 g/mol. The van der Waals surface area contributed by atoms with Crippen LogP contribution in [0.4, 0.5) is 0 Å². The summed E-state index contributed by atoms with van der Waals surface area (Å²) in [5.74, 6) is 1.69. The predicted molar refractivity (Wildman–Crippen MR) is 101 cm³/mol. The van der Waals surface area contributed by atoms with Crippen LogP contribution in [0.25, 0.3) is 0 Å². The van der Waals surface area contributed by atoms with E-state index >= 15 is 0 Å². The maximum absolute atomic E-state index is 10.2. The number of aliphatic hydroxyl groups is 1. The fraction of sp³-hybridized carbons (Fsp3) is 0.714.